The minimum atomic E-state index is -0.468. The first-order valence-electron chi connectivity index (χ1n) is 9.23. The molecule has 0 saturated carbocycles. The number of rotatable bonds is 5. The van der Waals surface area contributed by atoms with Gasteiger partial charge < -0.3 is 19.1 Å². The molecule has 1 atom stereocenters. The Balaban J connectivity index is 1.41. The summed E-state index contributed by atoms with van der Waals surface area (Å²) in [6.07, 6.45) is 2.24. The molecule has 0 amide bonds. The van der Waals surface area contributed by atoms with Crippen LogP contribution in [0.5, 0.6) is 11.5 Å². The largest absolute Gasteiger partial charge is 0.490 e. The highest BCUT2D eigenvalue weighted by molar-refractivity contribution is 7.99. The minimum Gasteiger partial charge on any atom is -0.490 e. The van der Waals surface area contributed by atoms with Gasteiger partial charge >= 0.3 is 0 Å². The predicted molar refractivity (Wildman–Crippen MR) is 108 cm³/mol. The maximum absolute atomic E-state index is 10.5. The molecular formula is C21H24N2O3S. The molecule has 27 heavy (non-hydrogen) atoms. The van der Waals surface area contributed by atoms with Crippen LogP contribution in [0.2, 0.25) is 0 Å². The van der Waals surface area contributed by atoms with Crippen molar-refractivity contribution < 1.29 is 14.6 Å². The third-order valence-electron chi connectivity index (χ3n) is 4.81. The van der Waals surface area contributed by atoms with Gasteiger partial charge in [-0.2, -0.15) is 0 Å². The zero-order chi connectivity index (χ0) is 18.8. The molecule has 0 fully saturated rings. The number of ether oxygens (including phenoxy) is 2. The van der Waals surface area contributed by atoms with Gasteiger partial charge in [0.2, 0.25) is 0 Å². The van der Waals surface area contributed by atoms with Gasteiger partial charge in [0, 0.05) is 17.1 Å². The highest BCUT2D eigenvalue weighted by atomic mass is 32.2. The number of hydrogen-bond donors (Lipinski definition) is 1. The summed E-state index contributed by atoms with van der Waals surface area (Å²) in [7, 11) is 0. The van der Waals surface area contributed by atoms with E-state index in [4.69, 9.17) is 9.47 Å². The minimum absolute atomic E-state index is 0.468. The molecule has 0 bridgehead atoms. The van der Waals surface area contributed by atoms with Gasteiger partial charge in [0.25, 0.3) is 0 Å². The molecule has 0 radical (unpaired) electrons. The van der Waals surface area contributed by atoms with E-state index < -0.39 is 6.10 Å². The maximum Gasteiger partial charge on any atom is 0.162 e. The number of nitrogens with zero attached hydrogens (tertiary/aromatic N) is 2. The molecule has 3 aromatic rings. The Morgan fingerprint density at radius 1 is 1.11 bits per heavy atom. The van der Waals surface area contributed by atoms with E-state index in [-0.39, 0.29) is 0 Å². The number of aliphatic hydroxyl groups excluding tert-OH is 1. The fourth-order valence-corrected chi connectivity index (χ4v) is 4.01. The first kappa shape index (κ1) is 18.2. The smallest absolute Gasteiger partial charge is 0.162 e. The van der Waals surface area contributed by atoms with Crippen LogP contribution in [0.15, 0.2) is 41.6 Å². The molecule has 1 aromatic heterocycles. The lowest BCUT2D eigenvalue weighted by molar-refractivity contribution is 0.179. The van der Waals surface area contributed by atoms with E-state index >= 15 is 0 Å². The molecule has 0 unspecified atom stereocenters. The lowest BCUT2D eigenvalue weighted by Gasteiger charge is -2.13. The second-order valence-corrected chi connectivity index (χ2v) is 8.04. The average molecular weight is 385 g/mol. The Bertz CT molecular complexity index is 954. The first-order chi connectivity index (χ1) is 13.1. The van der Waals surface area contributed by atoms with Gasteiger partial charge in [0.15, 0.2) is 11.5 Å². The van der Waals surface area contributed by atoms with Crippen LogP contribution < -0.4 is 9.47 Å². The van der Waals surface area contributed by atoms with Crippen molar-refractivity contribution in [3.63, 3.8) is 0 Å². The van der Waals surface area contributed by atoms with Crippen molar-refractivity contribution in [2.45, 2.75) is 37.8 Å². The number of imidazole rings is 1. The van der Waals surface area contributed by atoms with Crippen molar-refractivity contribution in [2.24, 2.45) is 0 Å². The van der Waals surface area contributed by atoms with Crippen molar-refractivity contribution in [1.82, 2.24) is 9.55 Å². The zero-order valence-electron chi connectivity index (χ0n) is 15.6. The summed E-state index contributed by atoms with van der Waals surface area (Å²) in [5.74, 6) is 2.19. The van der Waals surface area contributed by atoms with Gasteiger partial charge in [-0.15, -0.1) is 11.8 Å². The molecule has 142 valence electrons. The molecule has 1 aliphatic heterocycles. The quantitative estimate of drug-likeness (QED) is 0.675. The van der Waals surface area contributed by atoms with Gasteiger partial charge in [-0.25, -0.2) is 4.98 Å². The number of hydrogen-bond acceptors (Lipinski definition) is 5. The van der Waals surface area contributed by atoms with Crippen molar-refractivity contribution in [1.29, 1.82) is 0 Å². The van der Waals surface area contributed by atoms with Crippen molar-refractivity contribution in [3.05, 3.63) is 47.8 Å². The van der Waals surface area contributed by atoms with E-state index in [0.717, 1.165) is 33.8 Å². The number of benzene rings is 2. The standard InChI is InChI=1S/C21H24N2O3S/c1-14-8-18-19(9-15(14)2)23(13-22-18)11-16(24)12-27-17-4-5-20-21(10-17)26-7-3-6-25-20/h4-5,8-10,13,16,24H,3,6-7,11-12H2,1-2H3/t16-/m1/s1. The van der Waals surface area contributed by atoms with E-state index in [2.05, 4.69) is 31.0 Å². The Labute approximate surface area is 163 Å². The number of aliphatic hydroxyl groups is 1. The number of fused-ring (bicyclic) bond motifs is 2. The summed E-state index contributed by atoms with van der Waals surface area (Å²) in [6.45, 7) is 6.08. The molecule has 6 heteroatoms. The maximum atomic E-state index is 10.5. The predicted octanol–water partition coefficient (Wildman–Crippen LogP) is 3.97. The molecule has 2 aromatic carbocycles. The highest BCUT2D eigenvalue weighted by Crippen LogP contribution is 2.34. The second kappa shape index (κ2) is 7.82. The molecule has 0 spiro atoms. The van der Waals surface area contributed by atoms with Gasteiger partial charge in [0.1, 0.15) is 0 Å². The molecule has 0 aliphatic carbocycles. The monoisotopic (exact) mass is 384 g/mol. The van der Waals surface area contributed by atoms with Crippen LogP contribution in [0.1, 0.15) is 17.5 Å². The van der Waals surface area contributed by atoms with Crippen LogP contribution in [-0.2, 0) is 6.54 Å². The Morgan fingerprint density at radius 2 is 1.89 bits per heavy atom. The fourth-order valence-electron chi connectivity index (χ4n) is 3.16. The third kappa shape index (κ3) is 4.06. The van der Waals surface area contributed by atoms with E-state index in [9.17, 15) is 5.11 Å². The number of aryl methyl sites for hydroxylation is 2. The zero-order valence-corrected chi connectivity index (χ0v) is 16.5. The van der Waals surface area contributed by atoms with Crippen LogP contribution in [0.3, 0.4) is 0 Å². The number of thioether (sulfide) groups is 1. The SMILES string of the molecule is Cc1cc2ncn(C[C@@H](O)CSc3ccc4c(c3)OCCCO4)c2cc1C. The van der Waals surface area contributed by atoms with Crippen molar-refractivity contribution in [2.75, 3.05) is 19.0 Å². The molecule has 1 aliphatic rings. The van der Waals surface area contributed by atoms with Gasteiger partial charge in [-0.1, -0.05) is 0 Å². The van der Waals surface area contributed by atoms with Crippen LogP contribution >= 0.6 is 11.8 Å². The summed E-state index contributed by atoms with van der Waals surface area (Å²) in [5, 5.41) is 10.5. The summed E-state index contributed by atoms with van der Waals surface area (Å²) in [5.41, 5.74) is 4.51. The van der Waals surface area contributed by atoms with Crippen molar-refractivity contribution in [3.8, 4) is 11.5 Å². The van der Waals surface area contributed by atoms with Gasteiger partial charge in [0.05, 0.1) is 43.2 Å². The van der Waals surface area contributed by atoms with E-state index in [1.54, 1.807) is 11.8 Å². The van der Waals surface area contributed by atoms with Crippen LogP contribution in [-0.4, -0.2) is 39.7 Å². The van der Waals surface area contributed by atoms with Crippen molar-refractivity contribution >= 4 is 22.8 Å². The van der Waals surface area contributed by atoms with E-state index in [1.807, 2.05) is 29.1 Å². The van der Waals surface area contributed by atoms with Crippen LogP contribution in [0.25, 0.3) is 11.0 Å². The normalized spacial score (nSPS) is 14.9. The topological polar surface area (TPSA) is 56.5 Å². The molecule has 4 rings (SSSR count). The van der Waals surface area contributed by atoms with Gasteiger partial charge in [-0.3, -0.25) is 0 Å². The number of aromatic nitrogens is 2. The highest BCUT2D eigenvalue weighted by Gasteiger charge is 2.13. The van der Waals surface area contributed by atoms with Gasteiger partial charge in [-0.05, 0) is 55.3 Å². The van der Waals surface area contributed by atoms with Crippen LogP contribution in [0.4, 0.5) is 0 Å². The lowest BCUT2D eigenvalue weighted by atomic mass is 10.1. The Morgan fingerprint density at radius 3 is 2.74 bits per heavy atom. The van der Waals surface area contributed by atoms with E-state index in [1.165, 1.54) is 11.1 Å². The van der Waals surface area contributed by atoms with Crippen LogP contribution in [0, 0.1) is 13.8 Å². The summed E-state index contributed by atoms with van der Waals surface area (Å²) < 4.78 is 13.4. The third-order valence-corrected chi connectivity index (χ3v) is 5.94. The Kier molecular flexibility index (Phi) is 5.27. The molecule has 0 saturated heterocycles. The summed E-state index contributed by atoms with van der Waals surface area (Å²) in [6, 6.07) is 10.2. The average Bonchev–Trinajstić information content (AvgIpc) is 2.89. The summed E-state index contributed by atoms with van der Waals surface area (Å²) >= 11 is 1.62. The Hall–Kier alpha value is -2.18. The molecule has 2 heterocycles. The molecule has 1 N–H and O–H groups in total. The molecular weight excluding hydrogens is 360 g/mol. The fraction of sp³-hybridized carbons (Fsp3) is 0.381. The van der Waals surface area contributed by atoms with E-state index in [0.29, 0.717) is 25.5 Å². The second-order valence-electron chi connectivity index (χ2n) is 6.95. The first-order valence-corrected chi connectivity index (χ1v) is 10.2. The summed E-state index contributed by atoms with van der Waals surface area (Å²) in [4.78, 5) is 5.53. The lowest BCUT2D eigenvalue weighted by Crippen LogP contribution is -2.18. The molecule has 5 nitrogen and oxygen atoms in total.